The van der Waals surface area contributed by atoms with Gasteiger partial charge >= 0.3 is 0 Å². The maximum atomic E-state index is 12.3. The fourth-order valence-corrected chi connectivity index (χ4v) is 2.78. The molecule has 6 nitrogen and oxygen atoms in total. The van der Waals surface area contributed by atoms with E-state index in [2.05, 4.69) is 0 Å². The molecule has 0 spiro atoms. The Morgan fingerprint density at radius 2 is 1.68 bits per heavy atom. The number of methoxy groups -OCH3 is 1. The van der Waals surface area contributed by atoms with Crippen LogP contribution >= 0.6 is 0 Å². The molecule has 0 N–H and O–H groups in total. The highest BCUT2D eigenvalue weighted by atomic mass is 16.5. The van der Waals surface area contributed by atoms with E-state index >= 15 is 0 Å². The lowest BCUT2D eigenvalue weighted by Crippen LogP contribution is -2.31. The average Bonchev–Trinajstić information content (AvgIpc) is 2.90. The first kappa shape index (κ1) is 16.7. The zero-order valence-electron chi connectivity index (χ0n) is 13.7. The number of hydrogen-bond acceptors (Lipinski definition) is 5. The first-order chi connectivity index (χ1) is 12.2. The van der Waals surface area contributed by atoms with Crippen molar-refractivity contribution >= 4 is 18.1 Å². The Kier molecular flexibility index (Phi) is 4.79. The summed E-state index contributed by atoms with van der Waals surface area (Å²) in [5.41, 5.74) is 1.25. The molecule has 0 aliphatic carbocycles. The Balaban J connectivity index is 1.61. The summed E-state index contributed by atoms with van der Waals surface area (Å²) < 4.78 is 10.8. The van der Waals surface area contributed by atoms with E-state index in [4.69, 9.17) is 9.47 Å². The van der Waals surface area contributed by atoms with Crippen LogP contribution in [0.1, 0.15) is 37.5 Å². The zero-order valence-corrected chi connectivity index (χ0v) is 13.7. The zero-order chi connectivity index (χ0) is 17.8. The van der Waals surface area contributed by atoms with Crippen LogP contribution < -0.4 is 9.47 Å². The van der Waals surface area contributed by atoms with E-state index in [1.807, 2.05) is 0 Å². The molecular formula is C19H17NO5. The second kappa shape index (κ2) is 7.17. The minimum atomic E-state index is -0.286. The topological polar surface area (TPSA) is 72.9 Å². The van der Waals surface area contributed by atoms with Gasteiger partial charge < -0.3 is 9.47 Å². The molecule has 3 rings (SSSR count). The van der Waals surface area contributed by atoms with Crippen molar-refractivity contribution in [2.45, 2.75) is 6.42 Å². The summed E-state index contributed by atoms with van der Waals surface area (Å²) >= 11 is 0. The van der Waals surface area contributed by atoms with Gasteiger partial charge in [-0.25, -0.2) is 0 Å². The first-order valence-corrected chi connectivity index (χ1v) is 7.87. The molecule has 2 amide bonds. The number of ether oxygens (including phenoxy) is 2. The fourth-order valence-electron chi connectivity index (χ4n) is 2.78. The number of carbonyl (C=O) groups excluding carboxylic acids is 3. The smallest absolute Gasteiger partial charge is 0.261 e. The second-order valence-corrected chi connectivity index (χ2v) is 5.51. The van der Waals surface area contributed by atoms with E-state index in [1.165, 1.54) is 12.0 Å². The molecule has 0 aromatic heterocycles. The van der Waals surface area contributed by atoms with Crippen LogP contribution in [0.2, 0.25) is 0 Å². The Labute approximate surface area is 145 Å². The number of aldehydes is 1. The molecule has 0 unspecified atom stereocenters. The predicted molar refractivity (Wildman–Crippen MR) is 90.3 cm³/mol. The van der Waals surface area contributed by atoms with Crippen LogP contribution in [-0.4, -0.2) is 43.3 Å². The summed E-state index contributed by atoms with van der Waals surface area (Å²) in [7, 11) is 1.50. The molecule has 1 aliphatic heterocycles. The van der Waals surface area contributed by atoms with Crippen molar-refractivity contribution in [2.75, 3.05) is 20.3 Å². The lowest BCUT2D eigenvalue weighted by molar-refractivity contribution is 0.0646. The summed E-state index contributed by atoms with van der Waals surface area (Å²) in [4.78, 5) is 36.9. The number of rotatable bonds is 7. The van der Waals surface area contributed by atoms with Crippen molar-refractivity contribution in [1.29, 1.82) is 0 Å². The quantitative estimate of drug-likeness (QED) is 0.440. The molecular weight excluding hydrogens is 322 g/mol. The predicted octanol–water partition coefficient (Wildman–Crippen LogP) is 2.57. The van der Waals surface area contributed by atoms with Gasteiger partial charge in [0.25, 0.3) is 11.8 Å². The molecule has 2 aromatic rings. The van der Waals surface area contributed by atoms with Gasteiger partial charge in [0.05, 0.1) is 30.4 Å². The third-order valence-electron chi connectivity index (χ3n) is 4.01. The van der Waals surface area contributed by atoms with Crippen LogP contribution in [0.4, 0.5) is 0 Å². The number of benzene rings is 2. The molecule has 1 heterocycles. The third kappa shape index (κ3) is 3.10. The van der Waals surface area contributed by atoms with E-state index in [0.717, 1.165) is 0 Å². The van der Waals surface area contributed by atoms with Crippen LogP contribution in [0.5, 0.6) is 11.5 Å². The number of hydrogen-bond donors (Lipinski definition) is 0. The van der Waals surface area contributed by atoms with E-state index < -0.39 is 0 Å². The van der Waals surface area contributed by atoms with Crippen molar-refractivity contribution in [3.8, 4) is 11.5 Å². The Hall–Kier alpha value is -3.15. The highest BCUT2D eigenvalue weighted by Gasteiger charge is 2.34. The number of amides is 2. The largest absolute Gasteiger partial charge is 0.493 e. The van der Waals surface area contributed by atoms with Crippen LogP contribution in [0, 0.1) is 0 Å². The van der Waals surface area contributed by atoms with Crippen LogP contribution in [0.25, 0.3) is 0 Å². The minimum Gasteiger partial charge on any atom is -0.493 e. The van der Waals surface area contributed by atoms with Crippen molar-refractivity contribution in [3.05, 3.63) is 59.2 Å². The number of para-hydroxylation sites is 1. The monoisotopic (exact) mass is 339 g/mol. The van der Waals surface area contributed by atoms with Gasteiger partial charge in [-0.05, 0) is 30.7 Å². The molecule has 2 aromatic carbocycles. The average molecular weight is 339 g/mol. The summed E-state index contributed by atoms with van der Waals surface area (Å²) in [6.07, 6.45) is 1.14. The maximum Gasteiger partial charge on any atom is 0.261 e. The first-order valence-electron chi connectivity index (χ1n) is 7.87. The molecule has 25 heavy (non-hydrogen) atoms. The molecule has 1 aliphatic rings. The Bertz CT molecular complexity index is 795. The van der Waals surface area contributed by atoms with Gasteiger partial charge in [0, 0.05) is 6.54 Å². The standard InChI is InChI=1S/C19H17NO5/c1-24-16-9-4-6-13(12-21)17(16)25-11-5-10-20-18(22)14-7-2-3-8-15(14)19(20)23/h2-4,6-9,12H,5,10-11H2,1H3. The van der Waals surface area contributed by atoms with Crippen LogP contribution in [0.15, 0.2) is 42.5 Å². The molecule has 0 atom stereocenters. The van der Waals surface area contributed by atoms with Crippen molar-refractivity contribution < 1.29 is 23.9 Å². The van der Waals surface area contributed by atoms with Gasteiger partial charge in [0.2, 0.25) is 0 Å². The van der Waals surface area contributed by atoms with Gasteiger partial charge in [-0.3, -0.25) is 19.3 Å². The molecule has 0 radical (unpaired) electrons. The van der Waals surface area contributed by atoms with Crippen LogP contribution in [-0.2, 0) is 0 Å². The second-order valence-electron chi connectivity index (χ2n) is 5.51. The Morgan fingerprint density at radius 3 is 2.28 bits per heavy atom. The van der Waals surface area contributed by atoms with Gasteiger partial charge in [-0.1, -0.05) is 18.2 Å². The lowest BCUT2D eigenvalue weighted by Gasteiger charge is -2.15. The molecule has 0 saturated carbocycles. The molecule has 6 heteroatoms. The normalized spacial score (nSPS) is 12.9. The summed E-state index contributed by atoms with van der Waals surface area (Å²) in [5, 5.41) is 0. The van der Waals surface area contributed by atoms with E-state index in [-0.39, 0.29) is 25.0 Å². The number of fused-ring (bicyclic) bond motifs is 1. The van der Waals surface area contributed by atoms with E-state index in [0.29, 0.717) is 40.9 Å². The highest BCUT2D eigenvalue weighted by molar-refractivity contribution is 6.21. The van der Waals surface area contributed by atoms with Gasteiger partial charge in [0.15, 0.2) is 17.8 Å². The lowest BCUT2D eigenvalue weighted by atomic mass is 10.1. The number of imide groups is 1. The van der Waals surface area contributed by atoms with E-state index in [9.17, 15) is 14.4 Å². The maximum absolute atomic E-state index is 12.3. The number of nitrogens with zero attached hydrogens (tertiary/aromatic N) is 1. The molecule has 0 fully saturated rings. The van der Waals surface area contributed by atoms with Crippen molar-refractivity contribution in [1.82, 2.24) is 4.90 Å². The summed E-state index contributed by atoms with van der Waals surface area (Å²) in [6.45, 7) is 0.493. The van der Waals surface area contributed by atoms with Gasteiger partial charge in [-0.2, -0.15) is 0 Å². The number of carbonyl (C=O) groups is 3. The van der Waals surface area contributed by atoms with Crippen molar-refractivity contribution in [3.63, 3.8) is 0 Å². The molecule has 128 valence electrons. The third-order valence-corrected chi connectivity index (χ3v) is 4.01. The van der Waals surface area contributed by atoms with Crippen molar-refractivity contribution in [2.24, 2.45) is 0 Å². The van der Waals surface area contributed by atoms with Gasteiger partial charge in [0.1, 0.15) is 0 Å². The Morgan fingerprint density at radius 1 is 1.00 bits per heavy atom. The molecule has 0 saturated heterocycles. The van der Waals surface area contributed by atoms with E-state index in [1.54, 1.807) is 42.5 Å². The SMILES string of the molecule is COc1cccc(C=O)c1OCCCN1C(=O)c2ccccc2C1=O. The summed E-state index contributed by atoms with van der Waals surface area (Å²) in [5.74, 6) is 0.255. The van der Waals surface area contributed by atoms with Crippen LogP contribution in [0.3, 0.4) is 0 Å². The molecule has 0 bridgehead atoms. The van der Waals surface area contributed by atoms with Gasteiger partial charge in [-0.15, -0.1) is 0 Å². The highest BCUT2D eigenvalue weighted by Crippen LogP contribution is 2.30. The fraction of sp³-hybridized carbons (Fsp3) is 0.211. The summed E-state index contributed by atoms with van der Waals surface area (Å²) in [6, 6.07) is 11.8. The minimum absolute atomic E-state index is 0.245.